The van der Waals surface area contributed by atoms with Gasteiger partial charge in [-0.3, -0.25) is 4.79 Å². The summed E-state index contributed by atoms with van der Waals surface area (Å²) in [6, 6.07) is 1.01. The van der Waals surface area contributed by atoms with Crippen molar-refractivity contribution in [1.29, 1.82) is 0 Å². The molecule has 6 nitrogen and oxygen atoms in total. The van der Waals surface area contributed by atoms with Crippen LogP contribution in [-0.4, -0.2) is 44.6 Å². The molecule has 6 heteroatoms. The van der Waals surface area contributed by atoms with E-state index in [1.807, 2.05) is 4.57 Å². The first-order valence-corrected chi connectivity index (χ1v) is 6.23. The van der Waals surface area contributed by atoms with E-state index < -0.39 is 0 Å². The summed E-state index contributed by atoms with van der Waals surface area (Å²) in [5, 5.41) is 0. The van der Waals surface area contributed by atoms with Crippen molar-refractivity contribution in [2.45, 2.75) is 31.3 Å². The highest BCUT2D eigenvalue weighted by molar-refractivity contribution is 5.68. The number of aromatic amines is 1. The quantitative estimate of drug-likeness (QED) is 0.851. The van der Waals surface area contributed by atoms with Gasteiger partial charge in [0.1, 0.15) is 0 Å². The van der Waals surface area contributed by atoms with Gasteiger partial charge >= 0.3 is 0 Å². The molecule has 0 amide bonds. The lowest BCUT2D eigenvalue weighted by Gasteiger charge is -2.19. The van der Waals surface area contributed by atoms with Crippen molar-refractivity contribution in [2.24, 2.45) is 0 Å². The fourth-order valence-electron chi connectivity index (χ4n) is 2.79. The number of fused-ring (bicyclic) bond motifs is 1. The third-order valence-electron chi connectivity index (χ3n) is 3.87. The second-order valence-electron chi connectivity index (χ2n) is 5.14. The van der Waals surface area contributed by atoms with Gasteiger partial charge in [0.05, 0.1) is 12.7 Å². The van der Waals surface area contributed by atoms with Crippen molar-refractivity contribution in [1.82, 2.24) is 24.4 Å². The largest absolute Gasteiger partial charge is 0.312 e. The Balaban J connectivity index is 1.97. The first-order chi connectivity index (χ1) is 8.66. The number of H-pyrrole nitrogens is 1. The average Bonchev–Trinajstić information content (AvgIpc) is 2.94. The molecule has 18 heavy (non-hydrogen) atoms. The van der Waals surface area contributed by atoms with Gasteiger partial charge in [0.2, 0.25) is 0 Å². The van der Waals surface area contributed by atoms with E-state index in [4.69, 9.17) is 0 Å². The zero-order valence-electron chi connectivity index (χ0n) is 10.6. The number of hydrogen-bond acceptors (Lipinski definition) is 4. The molecule has 3 rings (SSSR count). The predicted octanol–water partition coefficient (Wildman–Crippen LogP) is 0.775. The highest BCUT2D eigenvalue weighted by Gasteiger charge is 2.28. The molecule has 0 aromatic carbocycles. The Kier molecular flexibility index (Phi) is 2.66. The summed E-state index contributed by atoms with van der Waals surface area (Å²) in [4.78, 5) is 24.8. The van der Waals surface area contributed by atoms with Gasteiger partial charge in [-0.05, 0) is 33.4 Å². The monoisotopic (exact) mass is 247 g/mol. The fraction of sp³-hybridized carbons (Fsp3) is 0.583. The highest BCUT2D eigenvalue weighted by atomic mass is 16.1. The first-order valence-electron chi connectivity index (χ1n) is 6.23. The Morgan fingerprint density at radius 3 is 2.94 bits per heavy atom. The number of hydrogen-bond donors (Lipinski definition) is 1. The molecular weight excluding hydrogens is 230 g/mol. The summed E-state index contributed by atoms with van der Waals surface area (Å²) < 4.78 is 2.05. The third-order valence-corrected chi connectivity index (χ3v) is 3.87. The van der Waals surface area contributed by atoms with Crippen molar-refractivity contribution < 1.29 is 0 Å². The molecule has 0 saturated heterocycles. The third kappa shape index (κ3) is 1.73. The van der Waals surface area contributed by atoms with E-state index in [0.29, 0.717) is 23.2 Å². The first kappa shape index (κ1) is 11.4. The van der Waals surface area contributed by atoms with Crippen LogP contribution in [0.1, 0.15) is 25.3 Å². The number of aromatic nitrogens is 4. The molecule has 0 spiro atoms. The van der Waals surface area contributed by atoms with Crippen LogP contribution in [0.3, 0.4) is 0 Å². The van der Waals surface area contributed by atoms with Gasteiger partial charge in [-0.15, -0.1) is 0 Å². The SMILES string of the molecule is CN(C)[C@@H]1CC[C@@H](n2cnc3c(=O)[nH]cnc32)C1. The van der Waals surface area contributed by atoms with Crippen LogP contribution in [0.25, 0.3) is 11.2 Å². The van der Waals surface area contributed by atoms with E-state index in [-0.39, 0.29) is 5.56 Å². The normalized spacial score (nSPS) is 24.2. The van der Waals surface area contributed by atoms with E-state index in [0.717, 1.165) is 12.8 Å². The van der Waals surface area contributed by atoms with Crippen LogP contribution in [0, 0.1) is 0 Å². The molecule has 1 saturated carbocycles. The van der Waals surface area contributed by atoms with E-state index in [2.05, 4.69) is 33.9 Å². The van der Waals surface area contributed by atoms with Crippen molar-refractivity contribution >= 4 is 11.2 Å². The van der Waals surface area contributed by atoms with E-state index in [9.17, 15) is 4.79 Å². The number of nitrogens with one attached hydrogen (secondary N) is 1. The topological polar surface area (TPSA) is 66.8 Å². The summed E-state index contributed by atoms with van der Waals surface area (Å²) in [7, 11) is 4.23. The Hall–Kier alpha value is -1.69. The summed E-state index contributed by atoms with van der Waals surface area (Å²) >= 11 is 0. The van der Waals surface area contributed by atoms with Gasteiger partial charge in [0.25, 0.3) is 5.56 Å². The van der Waals surface area contributed by atoms with E-state index in [1.54, 1.807) is 6.33 Å². The van der Waals surface area contributed by atoms with E-state index in [1.165, 1.54) is 12.7 Å². The predicted molar refractivity (Wildman–Crippen MR) is 68.5 cm³/mol. The molecule has 1 aliphatic carbocycles. The van der Waals surface area contributed by atoms with Gasteiger partial charge in [-0.2, -0.15) is 0 Å². The molecule has 2 aromatic rings. The Labute approximate surface area is 105 Å². The van der Waals surface area contributed by atoms with Crippen LogP contribution in [0.15, 0.2) is 17.4 Å². The maximum Gasteiger partial charge on any atom is 0.278 e. The molecule has 0 radical (unpaired) electrons. The number of nitrogens with zero attached hydrogens (tertiary/aromatic N) is 4. The van der Waals surface area contributed by atoms with Crippen molar-refractivity contribution in [3.8, 4) is 0 Å². The summed E-state index contributed by atoms with van der Waals surface area (Å²) in [6.45, 7) is 0. The molecule has 2 atom stereocenters. The molecule has 1 N–H and O–H groups in total. The molecule has 1 fully saturated rings. The van der Waals surface area contributed by atoms with Gasteiger partial charge < -0.3 is 14.5 Å². The molecule has 1 aliphatic rings. The number of rotatable bonds is 2. The van der Waals surface area contributed by atoms with Crippen LogP contribution in [-0.2, 0) is 0 Å². The van der Waals surface area contributed by atoms with Crippen LogP contribution in [0.4, 0.5) is 0 Å². The minimum Gasteiger partial charge on any atom is -0.312 e. The Bertz CT molecular complexity index is 614. The van der Waals surface area contributed by atoms with Crippen molar-refractivity contribution in [3.63, 3.8) is 0 Å². The summed E-state index contributed by atoms with van der Waals surface area (Å²) in [5.41, 5.74) is 0.967. The lowest BCUT2D eigenvalue weighted by Crippen LogP contribution is -2.25. The second-order valence-corrected chi connectivity index (χ2v) is 5.14. The maximum absolute atomic E-state index is 11.6. The Morgan fingerprint density at radius 1 is 1.39 bits per heavy atom. The van der Waals surface area contributed by atoms with E-state index >= 15 is 0 Å². The molecule has 2 heterocycles. The minimum atomic E-state index is -0.166. The fourth-order valence-corrected chi connectivity index (χ4v) is 2.79. The standard InChI is InChI=1S/C12H17N5O/c1-16(2)8-3-4-9(5-8)17-7-15-10-11(17)13-6-14-12(10)18/h6-9H,3-5H2,1-2H3,(H,13,14,18)/t8-,9-/m1/s1. The van der Waals surface area contributed by atoms with Gasteiger partial charge in [-0.25, -0.2) is 9.97 Å². The molecule has 96 valence electrons. The van der Waals surface area contributed by atoms with Gasteiger partial charge in [0.15, 0.2) is 11.2 Å². The molecule has 0 bridgehead atoms. The van der Waals surface area contributed by atoms with Crippen LogP contribution in [0.5, 0.6) is 0 Å². The molecular formula is C12H17N5O. The van der Waals surface area contributed by atoms with Crippen LogP contribution in [0.2, 0.25) is 0 Å². The highest BCUT2D eigenvalue weighted by Crippen LogP contribution is 2.33. The van der Waals surface area contributed by atoms with Crippen LogP contribution >= 0.6 is 0 Å². The van der Waals surface area contributed by atoms with Crippen molar-refractivity contribution in [3.05, 3.63) is 23.0 Å². The lowest BCUT2D eigenvalue weighted by atomic mass is 10.2. The molecule has 0 unspecified atom stereocenters. The number of imidazole rings is 1. The minimum absolute atomic E-state index is 0.166. The maximum atomic E-state index is 11.6. The smallest absolute Gasteiger partial charge is 0.278 e. The zero-order chi connectivity index (χ0) is 12.7. The average molecular weight is 247 g/mol. The second kappa shape index (κ2) is 4.20. The molecule has 2 aromatic heterocycles. The lowest BCUT2D eigenvalue weighted by molar-refractivity contribution is 0.291. The van der Waals surface area contributed by atoms with Crippen molar-refractivity contribution in [2.75, 3.05) is 14.1 Å². The molecule has 0 aliphatic heterocycles. The summed E-state index contributed by atoms with van der Waals surface area (Å²) in [5.74, 6) is 0. The van der Waals surface area contributed by atoms with Gasteiger partial charge in [0, 0.05) is 12.1 Å². The summed E-state index contributed by atoms with van der Waals surface area (Å²) in [6.07, 6.45) is 6.58. The van der Waals surface area contributed by atoms with Gasteiger partial charge in [-0.1, -0.05) is 0 Å². The Morgan fingerprint density at radius 2 is 2.22 bits per heavy atom. The zero-order valence-corrected chi connectivity index (χ0v) is 10.6. The van der Waals surface area contributed by atoms with Crippen LogP contribution < -0.4 is 5.56 Å².